The van der Waals surface area contributed by atoms with Crippen molar-refractivity contribution in [2.24, 2.45) is 11.8 Å². The molecule has 4 heterocycles. The lowest BCUT2D eigenvalue weighted by molar-refractivity contribution is -0.137. The van der Waals surface area contributed by atoms with Gasteiger partial charge < -0.3 is 44.6 Å². The fourth-order valence-corrected chi connectivity index (χ4v) is 8.57. The Labute approximate surface area is 349 Å². The van der Waals surface area contributed by atoms with E-state index in [4.69, 9.17) is 24.2 Å². The number of ether oxygens (including phenoxy) is 3. The maximum Gasteiger partial charge on any atom is 0.407 e. The lowest BCUT2D eigenvalue weighted by atomic mass is 9.92. The molecule has 4 amide bonds. The van der Waals surface area contributed by atoms with Crippen molar-refractivity contribution >= 4 is 45.8 Å². The highest BCUT2D eigenvalue weighted by molar-refractivity contribution is 6.07. The number of aromatic amines is 2. The number of hydrogen-bond donors (Lipinski definition) is 4. The van der Waals surface area contributed by atoms with Gasteiger partial charge in [0.1, 0.15) is 36.1 Å². The normalized spacial score (nSPS) is 16.9. The lowest BCUT2D eigenvalue weighted by Gasteiger charge is -2.32. The van der Waals surface area contributed by atoms with Gasteiger partial charge in [0.15, 0.2) is 0 Å². The van der Waals surface area contributed by atoms with E-state index in [1.165, 1.54) is 14.2 Å². The number of imidazole rings is 2. The molecular weight excluding hydrogens is 765 g/mol. The molecule has 0 saturated carbocycles. The Morgan fingerprint density at radius 1 is 0.950 bits per heavy atom. The molecule has 0 unspecified atom stereocenters. The zero-order valence-corrected chi connectivity index (χ0v) is 35.7. The summed E-state index contributed by atoms with van der Waals surface area (Å²) in [6.45, 7) is 12.9. The molecule has 318 valence electrons. The van der Waals surface area contributed by atoms with Gasteiger partial charge in [0, 0.05) is 23.5 Å². The molecule has 7 rings (SSSR count). The zero-order valence-electron chi connectivity index (χ0n) is 35.7. The summed E-state index contributed by atoms with van der Waals surface area (Å²) in [6.07, 6.45) is 3.94. The molecule has 2 aliphatic rings. The summed E-state index contributed by atoms with van der Waals surface area (Å²) in [6, 6.07) is 12.8. The van der Waals surface area contributed by atoms with Crippen LogP contribution in [-0.2, 0) is 32.2 Å². The third-order valence-electron chi connectivity index (χ3n) is 12.1. The Balaban J connectivity index is 1.12. The number of hydrogen-bond acceptors (Lipinski definition) is 9. The molecule has 3 aromatic carbocycles. The number of rotatable bonds is 13. The predicted molar refractivity (Wildman–Crippen MR) is 228 cm³/mol. The monoisotopic (exact) mass is 820 g/mol. The van der Waals surface area contributed by atoms with Crippen molar-refractivity contribution in [3.8, 4) is 28.1 Å². The molecule has 2 aromatic heterocycles. The number of fused-ring (bicyclic) bond motifs is 6. The average molecular weight is 821 g/mol. The first kappa shape index (κ1) is 42.0. The van der Waals surface area contributed by atoms with Gasteiger partial charge in [-0.3, -0.25) is 9.59 Å². The van der Waals surface area contributed by atoms with Crippen LogP contribution in [0.4, 0.5) is 9.59 Å². The number of nitrogens with zero attached hydrogens (tertiary/aromatic N) is 4. The van der Waals surface area contributed by atoms with E-state index in [1.807, 2.05) is 37.9 Å². The van der Waals surface area contributed by atoms with Crippen LogP contribution in [0.25, 0.3) is 44.2 Å². The minimum Gasteiger partial charge on any atom is -0.488 e. The van der Waals surface area contributed by atoms with E-state index >= 15 is 0 Å². The van der Waals surface area contributed by atoms with Gasteiger partial charge in [0.05, 0.1) is 49.7 Å². The highest BCUT2D eigenvalue weighted by Gasteiger charge is 2.41. The van der Waals surface area contributed by atoms with Crippen LogP contribution in [0.5, 0.6) is 5.75 Å². The molecule has 5 aromatic rings. The van der Waals surface area contributed by atoms with Gasteiger partial charge >= 0.3 is 12.2 Å². The van der Waals surface area contributed by atoms with Gasteiger partial charge in [-0.15, -0.1) is 0 Å². The number of benzene rings is 3. The SMILES string of the molecule is CCC(CC)CN(Cc1nc2ccc3cc4c(cc3c2[nH]1)OCc1cc(-c2cnc([C@@H]3CC[C@H](C)N3C(=O)[C@@H](NC(=O)OC)C(C)C)[nH]2)ccc1-4)C(=O)[C@H](C)NC(=O)OC. The highest BCUT2D eigenvalue weighted by Crippen LogP contribution is 2.43. The summed E-state index contributed by atoms with van der Waals surface area (Å²) in [5, 5.41) is 7.31. The summed E-state index contributed by atoms with van der Waals surface area (Å²) in [5.41, 5.74) is 6.54. The highest BCUT2D eigenvalue weighted by atomic mass is 16.5. The first-order valence-electron chi connectivity index (χ1n) is 20.9. The number of carbonyl (C=O) groups excluding carboxylic acids is 4. The largest absolute Gasteiger partial charge is 0.488 e. The molecule has 15 nitrogen and oxygen atoms in total. The fraction of sp³-hybridized carbons (Fsp3) is 0.467. The maximum atomic E-state index is 13.9. The van der Waals surface area contributed by atoms with Gasteiger partial charge in [-0.05, 0) is 84.9 Å². The van der Waals surface area contributed by atoms with Gasteiger partial charge in [0.25, 0.3) is 0 Å². The number of carbonyl (C=O) groups is 4. The number of aromatic nitrogens is 4. The molecular formula is C45H56N8O7. The molecule has 4 atom stereocenters. The number of H-pyrrole nitrogens is 2. The van der Waals surface area contributed by atoms with E-state index in [0.29, 0.717) is 30.7 Å². The van der Waals surface area contributed by atoms with E-state index < -0.39 is 24.3 Å². The van der Waals surface area contributed by atoms with E-state index in [2.05, 4.69) is 70.8 Å². The van der Waals surface area contributed by atoms with E-state index in [0.717, 1.165) is 81.2 Å². The second-order valence-electron chi connectivity index (χ2n) is 16.4. The Kier molecular flexibility index (Phi) is 12.3. The van der Waals surface area contributed by atoms with Crippen LogP contribution in [0.1, 0.15) is 90.5 Å². The van der Waals surface area contributed by atoms with Crippen LogP contribution in [-0.4, -0.2) is 92.6 Å². The van der Waals surface area contributed by atoms with E-state index in [1.54, 1.807) is 11.8 Å². The molecule has 15 heteroatoms. The second-order valence-corrected chi connectivity index (χ2v) is 16.4. The van der Waals surface area contributed by atoms with Crippen molar-refractivity contribution < 1.29 is 33.4 Å². The van der Waals surface area contributed by atoms with Crippen molar-refractivity contribution in [2.75, 3.05) is 20.8 Å². The first-order valence-corrected chi connectivity index (χ1v) is 20.9. The second kappa shape index (κ2) is 17.6. The molecule has 0 spiro atoms. The van der Waals surface area contributed by atoms with Crippen LogP contribution >= 0.6 is 0 Å². The smallest absolute Gasteiger partial charge is 0.407 e. The van der Waals surface area contributed by atoms with Crippen molar-refractivity contribution in [1.82, 2.24) is 40.4 Å². The summed E-state index contributed by atoms with van der Waals surface area (Å²) < 4.78 is 15.9. The number of amides is 4. The Morgan fingerprint density at radius 2 is 1.70 bits per heavy atom. The van der Waals surface area contributed by atoms with Gasteiger partial charge in [-0.1, -0.05) is 58.7 Å². The Bertz CT molecular complexity index is 2400. The van der Waals surface area contributed by atoms with Gasteiger partial charge in [0.2, 0.25) is 11.8 Å². The molecule has 4 N–H and O–H groups in total. The quantitative estimate of drug-likeness (QED) is 0.0929. The van der Waals surface area contributed by atoms with Crippen molar-refractivity contribution in [1.29, 1.82) is 0 Å². The van der Waals surface area contributed by atoms with Crippen LogP contribution in [0.3, 0.4) is 0 Å². The number of alkyl carbamates (subject to hydrolysis) is 2. The standard InChI is InChI=1S/C45H56N8O7/c1-9-27(10-2)21-52(42(54)26(6)47-44(56)58-7)22-38-48-34-15-13-28-18-33-31-14-12-29(17-30(31)23-60-37(33)19-32(28)40(34)50-38)35-20-46-41(49-35)36-16-11-25(5)53(36)43(55)39(24(3)4)51-45(57)59-8/h12-15,17-20,24-27,36,39H,9-11,16,21-23H2,1-8H3,(H,46,49)(H,47,56)(H,48,50)(H,51,57)/t25-,26-,36-,39-/m0/s1. The molecule has 1 fully saturated rings. The van der Waals surface area contributed by atoms with Crippen molar-refractivity contribution in [2.45, 2.75) is 105 Å². The Hall–Kier alpha value is -6.12. The molecule has 1 saturated heterocycles. The topological polar surface area (TPSA) is 184 Å². The minimum absolute atomic E-state index is 0.0162. The molecule has 0 aliphatic carbocycles. The van der Waals surface area contributed by atoms with E-state index in [-0.39, 0.29) is 36.4 Å². The lowest BCUT2D eigenvalue weighted by Crippen LogP contribution is -2.52. The van der Waals surface area contributed by atoms with Gasteiger partial charge in [-0.25, -0.2) is 19.6 Å². The maximum absolute atomic E-state index is 13.9. The number of nitrogens with one attached hydrogen (secondary N) is 4. The number of likely N-dealkylation sites (tertiary alicyclic amines) is 1. The van der Waals surface area contributed by atoms with Crippen molar-refractivity contribution in [3.63, 3.8) is 0 Å². The summed E-state index contributed by atoms with van der Waals surface area (Å²) in [7, 11) is 2.57. The molecule has 0 bridgehead atoms. The zero-order chi connectivity index (χ0) is 42.8. The molecule has 2 aliphatic heterocycles. The summed E-state index contributed by atoms with van der Waals surface area (Å²) in [4.78, 5) is 71.7. The first-order chi connectivity index (χ1) is 28.8. The average Bonchev–Trinajstić information content (AvgIpc) is 4.01. The van der Waals surface area contributed by atoms with E-state index in [9.17, 15) is 19.2 Å². The van der Waals surface area contributed by atoms with Crippen LogP contribution in [0, 0.1) is 11.8 Å². The molecule has 60 heavy (non-hydrogen) atoms. The fourth-order valence-electron chi connectivity index (χ4n) is 8.57. The minimum atomic E-state index is -0.762. The van der Waals surface area contributed by atoms with Crippen LogP contribution < -0.4 is 15.4 Å². The number of methoxy groups -OCH3 is 2. The van der Waals surface area contributed by atoms with Crippen molar-refractivity contribution in [3.05, 3.63) is 65.9 Å². The van der Waals surface area contributed by atoms with Crippen LogP contribution in [0.2, 0.25) is 0 Å². The Morgan fingerprint density at radius 3 is 2.42 bits per heavy atom. The third kappa shape index (κ3) is 8.34. The summed E-state index contributed by atoms with van der Waals surface area (Å²) in [5.74, 6) is 1.94. The molecule has 0 radical (unpaired) electrons. The summed E-state index contributed by atoms with van der Waals surface area (Å²) >= 11 is 0. The van der Waals surface area contributed by atoms with Gasteiger partial charge in [-0.2, -0.15) is 0 Å². The van der Waals surface area contributed by atoms with Crippen LogP contribution in [0.15, 0.2) is 48.7 Å². The predicted octanol–water partition coefficient (Wildman–Crippen LogP) is 7.61. The third-order valence-corrected chi connectivity index (χ3v) is 12.1.